The Morgan fingerprint density at radius 2 is 1.77 bits per heavy atom. The number of fused-ring (bicyclic) bond motifs is 6. The fraction of sp³-hybridized carbons (Fsp3) is 0.435. The number of aromatic amines is 2. The number of carbonyl (C=O) groups excluding carboxylic acids is 2. The maximum absolute atomic E-state index is 17.2. The van der Waals surface area contributed by atoms with Gasteiger partial charge in [0.15, 0.2) is 5.82 Å². The molecule has 5 aliphatic rings. The highest BCUT2D eigenvalue weighted by molar-refractivity contribution is 7.12. The van der Waals surface area contributed by atoms with E-state index in [0.29, 0.717) is 58.6 Å². The summed E-state index contributed by atoms with van der Waals surface area (Å²) in [5, 5.41) is 6.97. The van der Waals surface area contributed by atoms with E-state index in [-0.39, 0.29) is 23.7 Å². The van der Waals surface area contributed by atoms with Gasteiger partial charge >= 0.3 is 6.09 Å². The fourth-order valence-corrected chi connectivity index (χ4v) is 11.2. The molecule has 60 heavy (non-hydrogen) atoms. The van der Waals surface area contributed by atoms with Crippen molar-refractivity contribution in [2.24, 2.45) is 11.3 Å². The fourth-order valence-electron chi connectivity index (χ4n) is 10.0. The van der Waals surface area contributed by atoms with Gasteiger partial charge in [-0.1, -0.05) is 32.9 Å². The third kappa shape index (κ3) is 5.92. The number of rotatable bonds is 9. The molecule has 2 amide bonds. The Morgan fingerprint density at radius 1 is 1.00 bits per heavy atom. The third-order valence-electron chi connectivity index (χ3n) is 13.9. The number of nitrogens with zero attached hydrogens (tertiary/aromatic N) is 4. The number of imidazole rings is 2. The van der Waals surface area contributed by atoms with Crippen molar-refractivity contribution in [2.75, 3.05) is 13.7 Å². The van der Waals surface area contributed by atoms with Crippen molar-refractivity contribution in [3.8, 4) is 39.5 Å². The summed E-state index contributed by atoms with van der Waals surface area (Å²) in [5.41, 5.74) is 4.90. The smallest absolute Gasteiger partial charge is 0.407 e. The van der Waals surface area contributed by atoms with Crippen LogP contribution in [0.2, 0.25) is 0 Å². The summed E-state index contributed by atoms with van der Waals surface area (Å²) in [6.45, 7) is 8.69. The molecule has 4 fully saturated rings. The molecule has 1 unspecified atom stereocenters. The van der Waals surface area contributed by atoms with Crippen LogP contribution in [0.25, 0.3) is 44.7 Å². The third-order valence-corrected chi connectivity index (χ3v) is 15.2. The number of nitrogens with one attached hydrogen (secondary N) is 4. The van der Waals surface area contributed by atoms with Gasteiger partial charge in [-0.05, 0) is 99.1 Å². The standard InChI is InChI=1S/C46H49FN8O4S/c1-23(2)38(53-44(57)58-5)41(56)54-16-6-15-46(54,4)43-49-22-31(52-43)26-9-11-27-33(18-26)59-42(35-14-13-34(60-35)24-7-8-24)55-32-12-10-25(17-28(32)37(47)39(27)55)30-21-48-40(51-30)29-19-45(3)20-36(45)50-29/h9-14,17-18,21-24,29,36,38,42,50H,6-8,15-16,19-20H2,1-5H3,(H,48,51)(H,49,52)(H,53,57)/t29-,36+,38-,42?,45-,46-/m0/s1. The van der Waals surface area contributed by atoms with Crippen molar-refractivity contribution in [2.45, 2.75) is 102 Å². The summed E-state index contributed by atoms with van der Waals surface area (Å²) < 4.78 is 31.0. The summed E-state index contributed by atoms with van der Waals surface area (Å²) in [6, 6.07) is 16.2. The number of halogens is 1. The lowest BCUT2D eigenvalue weighted by Crippen LogP contribution is -2.55. The number of alkyl carbamates (subject to hydrolysis) is 1. The summed E-state index contributed by atoms with van der Waals surface area (Å²) in [4.78, 5) is 47.0. The lowest BCUT2D eigenvalue weighted by Gasteiger charge is -2.37. The summed E-state index contributed by atoms with van der Waals surface area (Å²) in [5.74, 6) is 2.14. The molecule has 7 heterocycles. The number of carbonyl (C=O) groups is 2. The summed E-state index contributed by atoms with van der Waals surface area (Å²) >= 11 is 1.75. The van der Waals surface area contributed by atoms with Gasteiger partial charge in [-0.15, -0.1) is 11.3 Å². The summed E-state index contributed by atoms with van der Waals surface area (Å²) in [6.07, 6.45) is 8.61. The largest absolute Gasteiger partial charge is 0.464 e. The number of thiophene rings is 1. The zero-order chi connectivity index (χ0) is 41.2. The molecule has 2 saturated carbocycles. The lowest BCUT2D eigenvalue weighted by molar-refractivity contribution is -0.138. The monoisotopic (exact) mass is 828 g/mol. The Kier molecular flexibility index (Phi) is 8.45. The van der Waals surface area contributed by atoms with E-state index < -0.39 is 23.9 Å². The molecule has 2 aliphatic carbocycles. The van der Waals surface area contributed by atoms with Gasteiger partial charge in [0.1, 0.15) is 23.4 Å². The molecule has 11 rings (SSSR count). The zero-order valence-corrected chi connectivity index (χ0v) is 35.2. The van der Waals surface area contributed by atoms with Crippen LogP contribution in [-0.4, -0.2) is 67.1 Å². The Hall–Kier alpha value is -5.47. The average molecular weight is 829 g/mol. The van der Waals surface area contributed by atoms with Crippen molar-refractivity contribution in [1.29, 1.82) is 0 Å². The number of hydrogen-bond donors (Lipinski definition) is 4. The number of amides is 2. The van der Waals surface area contributed by atoms with E-state index in [1.165, 1.54) is 31.2 Å². The maximum atomic E-state index is 17.2. The van der Waals surface area contributed by atoms with E-state index in [1.807, 2.05) is 72.8 Å². The molecule has 14 heteroatoms. The topological polar surface area (TPSA) is 142 Å². The molecule has 2 aromatic carbocycles. The first-order chi connectivity index (χ1) is 28.9. The Bertz CT molecular complexity index is 2710. The number of piperidine rings is 1. The van der Waals surface area contributed by atoms with Crippen LogP contribution in [0.4, 0.5) is 9.18 Å². The number of ether oxygens (including phenoxy) is 2. The molecule has 4 aromatic heterocycles. The summed E-state index contributed by atoms with van der Waals surface area (Å²) in [7, 11) is 1.29. The molecule has 0 radical (unpaired) electrons. The van der Waals surface area contributed by atoms with Crippen molar-refractivity contribution in [1.82, 2.24) is 40.0 Å². The van der Waals surface area contributed by atoms with E-state index in [4.69, 9.17) is 19.4 Å². The number of aromatic nitrogens is 5. The molecule has 4 N–H and O–H groups in total. The SMILES string of the molecule is COC(=O)N[C@H](C(=O)N1CCC[C@@]1(C)c1ncc(-c2ccc3c(c2)OC(c2ccc(C4CC4)s2)n2c-3c(F)c3cc(-c4cnc([C@@H]5C[C@@]6(C)C[C@H]6N5)[nH]4)ccc32)[nH]1)C(C)C. The van der Waals surface area contributed by atoms with Crippen LogP contribution in [0.5, 0.6) is 5.75 Å². The zero-order valence-electron chi connectivity index (χ0n) is 34.4. The first kappa shape index (κ1) is 37.5. The first-order valence-electron chi connectivity index (χ1n) is 21.2. The Morgan fingerprint density at radius 3 is 2.53 bits per heavy atom. The molecule has 6 aromatic rings. The van der Waals surface area contributed by atoms with Crippen LogP contribution in [0, 0.1) is 17.2 Å². The van der Waals surface area contributed by atoms with Gasteiger partial charge in [0.05, 0.1) is 58.6 Å². The molecule has 6 atom stereocenters. The van der Waals surface area contributed by atoms with Crippen LogP contribution in [0.3, 0.4) is 0 Å². The molecule has 0 bridgehead atoms. The molecular formula is C46H49FN8O4S. The number of H-pyrrole nitrogens is 2. The molecule has 12 nitrogen and oxygen atoms in total. The predicted molar refractivity (Wildman–Crippen MR) is 227 cm³/mol. The van der Waals surface area contributed by atoms with Gasteiger partial charge in [0, 0.05) is 39.5 Å². The predicted octanol–water partition coefficient (Wildman–Crippen LogP) is 9.14. The van der Waals surface area contributed by atoms with Gasteiger partial charge in [-0.3, -0.25) is 9.36 Å². The van der Waals surface area contributed by atoms with E-state index in [2.05, 4.69) is 39.7 Å². The first-order valence-corrected chi connectivity index (χ1v) is 22.0. The van der Waals surface area contributed by atoms with Crippen molar-refractivity contribution in [3.05, 3.63) is 88.1 Å². The van der Waals surface area contributed by atoms with Crippen LogP contribution in [-0.2, 0) is 15.1 Å². The minimum Gasteiger partial charge on any atom is -0.464 e. The Labute approximate surface area is 351 Å². The minimum absolute atomic E-state index is 0.147. The number of benzene rings is 2. The number of methoxy groups -OCH3 is 1. The second kappa shape index (κ2) is 13.5. The van der Waals surface area contributed by atoms with Crippen molar-refractivity contribution < 1.29 is 23.5 Å². The van der Waals surface area contributed by atoms with Crippen LogP contribution in [0.15, 0.2) is 60.9 Å². The average Bonchev–Trinajstić information content (AvgIpc) is 3.70. The molecule has 3 aliphatic heterocycles. The quantitative estimate of drug-likeness (QED) is 0.114. The highest BCUT2D eigenvalue weighted by Crippen LogP contribution is 2.57. The van der Waals surface area contributed by atoms with Gasteiger partial charge in [0.2, 0.25) is 12.1 Å². The van der Waals surface area contributed by atoms with Crippen molar-refractivity contribution >= 4 is 34.2 Å². The van der Waals surface area contributed by atoms with E-state index in [1.54, 1.807) is 17.5 Å². The molecular weight excluding hydrogens is 780 g/mol. The van der Waals surface area contributed by atoms with Crippen LogP contribution < -0.4 is 15.4 Å². The van der Waals surface area contributed by atoms with Crippen LogP contribution in [0.1, 0.15) is 106 Å². The van der Waals surface area contributed by atoms with Crippen LogP contribution >= 0.6 is 11.3 Å². The van der Waals surface area contributed by atoms with E-state index >= 15 is 4.39 Å². The second-order valence-corrected chi connectivity index (χ2v) is 19.5. The Balaban J connectivity index is 0.942. The maximum Gasteiger partial charge on any atom is 0.407 e. The van der Waals surface area contributed by atoms with E-state index in [0.717, 1.165) is 51.6 Å². The van der Waals surface area contributed by atoms with Gasteiger partial charge in [-0.2, -0.15) is 0 Å². The normalized spacial score (nSPS) is 25.9. The highest BCUT2D eigenvalue weighted by atomic mass is 32.1. The highest BCUT2D eigenvalue weighted by Gasteiger charge is 2.57. The van der Waals surface area contributed by atoms with Gasteiger partial charge in [-0.25, -0.2) is 19.2 Å². The minimum atomic E-state index is -0.743. The lowest BCUT2D eigenvalue weighted by atomic mass is 9.95. The number of hydrogen-bond acceptors (Lipinski definition) is 8. The molecule has 2 saturated heterocycles. The second-order valence-electron chi connectivity index (χ2n) is 18.3. The van der Waals surface area contributed by atoms with Crippen molar-refractivity contribution in [3.63, 3.8) is 0 Å². The van der Waals surface area contributed by atoms with Gasteiger partial charge < -0.3 is 35.0 Å². The van der Waals surface area contributed by atoms with Gasteiger partial charge in [0.25, 0.3) is 0 Å². The van der Waals surface area contributed by atoms with E-state index in [9.17, 15) is 9.59 Å². The molecule has 0 spiro atoms. The number of likely N-dealkylation sites (tertiary alicyclic amines) is 1. The molecule has 310 valence electrons.